The number of carboxylic acid groups (broad SMARTS) is 1. The predicted molar refractivity (Wildman–Crippen MR) is 72.2 cm³/mol. The minimum absolute atomic E-state index is 0.224. The van der Waals surface area contributed by atoms with Gasteiger partial charge in [0.1, 0.15) is 0 Å². The van der Waals surface area contributed by atoms with Crippen LogP contribution in [0.15, 0.2) is 24.3 Å². The third kappa shape index (κ3) is 2.89. The third-order valence-electron chi connectivity index (χ3n) is 3.41. The number of ether oxygens (including phenoxy) is 2. The van der Waals surface area contributed by atoms with Crippen LogP contribution in [0.4, 0.5) is 0 Å². The zero-order chi connectivity index (χ0) is 13.8. The lowest BCUT2D eigenvalue weighted by molar-refractivity contribution is -0.131. The third-order valence-corrected chi connectivity index (χ3v) is 3.41. The molecule has 0 saturated heterocycles. The average Bonchev–Trinajstić information content (AvgIpc) is 2.85. The van der Waals surface area contributed by atoms with E-state index in [9.17, 15) is 4.79 Å². The van der Waals surface area contributed by atoms with Gasteiger partial charge in [0.15, 0.2) is 11.5 Å². The second-order valence-corrected chi connectivity index (χ2v) is 4.52. The first-order valence-electron chi connectivity index (χ1n) is 6.50. The van der Waals surface area contributed by atoms with Gasteiger partial charge in [-0.25, -0.2) is 4.79 Å². The molecule has 0 aromatic heterocycles. The summed E-state index contributed by atoms with van der Waals surface area (Å²) in [5.74, 6) is 0.707. The first-order chi connectivity index (χ1) is 9.15. The normalized spacial score (nSPS) is 13.9. The molecule has 0 radical (unpaired) electrons. The molecule has 0 saturated carbocycles. The van der Waals surface area contributed by atoms with Gasteiger partial charge in [-0.2, -0.15) is 0 Å². The maximum atomic E-state index is 11.0. The standard InChI is InChI=1S/C15H18O4/c1-3-10(4-2)12(8-15(16)17)11-5-6-13-14(7-11)19-9-18-13/h5-8,10H,3-4,9H2,1-2H3,(H,16,17)/b12-8+. The summed E-state index contributed by atoms with van der Waals surface area (Å²) in [6, 6.07) is 5.58. The molecule has 102 valence electrons. The van der Waals surface area contributed by atoms with Crippen molar-refractivity contribution in [3.05, 3.63) is 29.8 Å². The fourth-order valence-corrected chi connectivity index (χ4v) is 2.37. The van der Waals surface area contributed by atoms with E-state index in [1.165, 1.54) is 6.08 Å². The molecule has 0 unspecified atom stereocenters. The van der Waals surface area contributed by atoms with E-state index in [4.69, 9.17) is 14.6 Å². The van der Waals surface area contributed by atoms with Crippen LogP contribution in [0.3, 0.4) is 0 Å². The Morgan fingerprint density at radius 2 is 2.00 bits per heavy atom. The molecule has 1 N–H and O–H groups in total. The van der Waals surface area contributed by atoms with E-state index >= 15 is 0 Å². The Hall–Kier alpha value is -1.97. The molecule has 0 amide bonds. The van der Waals surface area contributed by atoms with Gasteiger partial charge < -0.3 is 14.6 Å². The summed E-state index contributed by atoms with van der Waals surface area (Å²) in [7, 11) is 0. The number of carboxylic acids is 1. The predicted octanol–water partition coefficient (Wildman–Crippen LogP) is 3.32. The average molecular weight is 262 g/mol. The molecule has 4 nitrogen and oxygen atoms in total. The van der Waals surface area contributed by atoms with Gasteiger partial charge in [0.25, 0.3) is 0 Å². The first-order valence-corrected chi connectivity index (χ1v) is 6.50. The van der Waals surface area contributed by atoms with Gasteiger partial charge in [-0.3, -0.25) is 0 Å². The lowest BCUT2D eigenvalue weighted by atomic mass is 9.88. The summed E-state index contributed by atoms with van der Waals surface area (Å²) in [5.41, 5.74) is 1.73. The topological polar surface area (TPSA) is 55.8 Å². The summed E-state index contributed by atoms with van der Waals surface area (Å²) in [6.07, 6.45) is 3.11. The van der Waals surface area contributed by atoms with Crippen molar-refractivity contribution in [2.75, 3.05) is 6.79 Å². The quantitative estimate of drug-likeness (QED) is 0.827. The summed E-state index contributed by atoms with van der Waals surface area (Å²) in [5, 5.41) is 9.05. The first kappa shape index (κ1) is 13.5. The van der Waals surface area contributed by atoms with Crippen LogP contribution in [-0.2, 0) is 4.79 Å². The van der Waals surface area contributed by atoms with Crippen LogP contribution in [0.1, 0.15) is 32.3 Å². The molecule has 0 aliphatic carbocycles. The molecular weight excluding hydrogens is 244 g/mol. The summed E-state index contributed by atoms with van der Waals surface area (Å²) >= 11 is 0. The van der Waals surface area contributed by atoms with Crippen molar-refractivity contribution in [1.82, 2.24) is 0 Å². The molecule has 1 aromatic carbocycles. The highest BCUT2D eigenvalue weighted by Crippen LogP contribution is 2.37. The Labute approximate surface area is 112 Å². The van der Waals surface area contributed by atoms with Crippen LogP contribution in [0.5, 0.6) is 11.5 Å². The number of benzene rings is 1. The molecule has 1 aliphatic rings. The van der Waals surface area contributed by atoms with Crippen molar-refractivity contribution in [3.8, 4) is 11.5 Å². The van der Waals surface area contributed by atoms with Gasteiger partial charge in [-0.05, 0) is 42.0 Å². The van der Waals surface area contributed by atoms with Gasteiger partial charge >= 0.3 is 5.97 Å². The van der Waals surface area contributed by atoms with Crippen LogP contribution in [0, 0.1) is 5.92 Å². The highest BCUT2D eigenvalue weighted by molar-refractivity contribution is 5.90. The number of rotatable bonds is 5. The van der Waals surface area contributed by atoms with E-state index in [1.807, 2.05) is 18.2 Å². The smallest absolute Gasteiger partial charge is 0.328 e. The fraction of sp³-hybridized carbons (Fsp3) is 0.400. The van der Waals surface area contributed by atoms with Crippen molar-refractivity contribution >= 4 is 11.5 Å². The number of hydrogen-bond acceptors (Lipinski definition) is 3. The number of aliphatic carboxylic acids is 1. The van der Waals surface area contributed by atoms with E-state index in [1.54, 1.807) is 0 Å². The van der Waals surface area contributed by atoms with Crippen LogP contribution in [0.25, 0.3) is 5.57 Å². The Kier molecular flexibility index (Phi) is 4.10. The Morgan fingerprint density at radius 1 is 1.32 bits per heavy atom. The maximum absolute atomic E-state index is 11.0. The van der Waals surface area contributed by atoms with Crippen LogP contribution in [-0.4, -0.2) is 17.9 Å². The summed E-state index contributed by atoms with van der Waals surface area (Å²) in [4.78, 5) is 11.0. The minimum atomic E-state index is -0.917. The second kappa shape index (κ2) is 5.78. The SMILES string of the molecule is CCC(CC)/C(=C\C(=O)O)c1ccc2c(c1)OCO2. The van der Waals surface area contributed by atoms with Crippen LogP contribution >= 0.6 is 0 Å². The van der Waals surface area contributed by atoms with Gasteiger partial charge in [0.05, 0.1) is 0 Å². The van der Waals surface area contributed by atoms with Gasteiger partial charge in [0.2, 0.25) is 6.79 Å². The van der Waals surface area contributed by atoms with Crippen molar-refractivity contribution in [2.24, 2.45) is 5.92 Å². The molecule has 1 aliphatic heterocycles. The molecule has 1 aromatic rings. The van der Waals surface area contributed by atoms with Crippen LogP contribution < -0.4 is 9.47 Å². The Balaban J connectivity index is 2.41. The molecule has 0 bridgehead atoms. The minimum Gasteiger partial charge on any atom is -0.478 e. The zero-order valence-corrected chi connectivity index (χ0v) is 11.2. The molecule has 19 heavy (non-hydrogen) atoms. The van der Waals surface area contributed by atoms with E-state index in [-0.39, 0.29) is 12.7 Å². The Bertz CT molecular complexity index is 501. The van der Waals surface area contributed by atoms with Crippen molar-refractivity contribution in [3.63, 3.8) is 0 Å². The number of hydrogen-bond donors (Lipinski definition) is 1. The van der Waals surface area contributed by atoms with Gasteiger partial charge in [-0.1, -0.05) is 19.9 Å². The summed E-state index contributed by atoms with van der Waals surface area (Å²) in [6.45, 7) is 4.36. The molecule has 2 rings (SSSR count). The molecule has 0 spiro atoms. The van der Waals surface area contributed by atoms with E-state index in [0.29, 0.717) is 11.5 Å². The molecule has 1 heterocycles. The highest BCUT2D eigenvalue weighted by atomic mass is 16.7. The van der Waals surface area contributed by atoms with Crippen molar-refractivity contribution < 1.29 is 19.4 Å². The lowest BCUT2D eigenvalue weighted by Gasteiger charge is -2.17. The van der Waals surface area contributed by atoms with E-state index in [2.05, 4.69) is 13.8 Å². The van der Waals surface area contributed by atoms with Crippen molar-refractivity contribution in [1.29, 1.82) is 0 Å². The molecular formula is C15H18O4. The molecule has 0 fully saturated rings. The Morgan fingerprint density at radius 3 is 2.63 bits per heavy atom. The van der Waals surface area contributed by atoms with E-state index < -0.39 is 5.97 Å². The fourth-order valence-electron chi connectivity index (χ4n) is 2.37. The zero-order valence-electron chi connectivity index (χ0n) is 11.2. The second-order valence-electron chi connectivity index (χ2n) is 4.52. The van der Waals surface area contributed by atoms with Crippen molar-refractivity contribution in [2.45, 2.75) is 26.7 Å². The van der Waals surface area contributed by atoms with Gasteiger partial charge in [0, 0.05) is 6.08 Å². The summed E-state index contributed by atoms with van der Waals surface area (Å²) < 4.78 is 10.6. The van der Waals surface area contributed by atoms with Crippen LogP contribution in [0.2, 0.25) is 0 Å². The largest absolute Gasteiger partial charge is 0.478 e. The van der Waals surface area contributed by atoms with Gasteiger partial charge in [-0.15, -0.1) is 0 Å². The molecule has 4 heteroatoms. The maximum Gasteiger partial charge on any atom is 0.328 e. The number of allylic oxidation sites excluding steroid dienone is 1. The number of carbonyl (C=O) groups is 1. The monoisotopic (exact) mass is 262 g/mol. The van der Waals surface area contributed by atoms with E-state index in [0.717, 1.165) is 24.0 Å². The molecule has 0 atom stereocenters. The lowest BCUT2D eigenvalue weighted by Crippen LogP contribution is -2.04. The highest BCUT2D eigenvalue weighted by Gasteiger charge is 2.18. The number of fused-ring (bicyclic) bond motifs is 1.